The molecule has 0 bridgehead atoms. The fraction of sp³-hybridized carbons (Fsp3) is 0.292. The van der Waals surface area contributed by atoms with Gasteiger partial charge in [-0.2, -0.15) is 0 Å². The number of nitrogens with zero attached hydrogens (tertiary/aromatic N) is 8. The first-order valence-electron chi connectivity index (χ1n) is 40.1. The highest BCUT2D eigenvalue weighted by atomic mass is 16.3. The van der Waals surface area contributed by atoms with E-state index in [0.717, 1.165) is 135 Å². The summed E-state index contributed by atoms with van der Waals surface area (Å²) in [5, 5.41) is 48.6. The van der Waals surface area contributed by atoms with E-state index < -0.39 is 0 Å². The average molecular weight is 1560 g/mol. The molecule has 4 amide bonds. The Hall–Kier alpha value is -12.2. The van der Waals surface area contributed by atoms with Gasteiger partial charge in [-0.1, -0.05) is 265 Å². The molecule has 8 N–H and O–H groups in total. The van der Waals surface area contributed by atoms with Crippen molar-refractivity contribution in [2.24, 2.45) is 17.8 Å². The molecule has 1 fully saturated rings. The number of benzene rings is 8. The van der Waals surface area contributed by atoms with Gasteiger partial charge in [0.2, 0.25) is 23.6 Å². The molecule has 0 spiro atoms. The van der Waals surface area contributed by atoms with Gasteiger partial charge in [0.05, 0.1) is 96.8 Å². The van der Waals surface area contributed by atoms with Crippen LogP contribution in [0.5, 0.6) is 0 Å². The minimum Gasteiger partial charge on any atom is -0.392 e. The summed E-state index contributed by atoms with van der Waals surface area (Å²) in [6.07, 6.45) is 20.5. The monoisotopic (exact) mass is 1550 g/mol. The lowest BCUT2D eigenvalue weighted by Crippen LogP contribution is -2.22. The lowest BCUT2D eigenvalue weighted by molar-refractivity contribution is -0.119. The van der Waals surface area contributed by atoms with Crippen LogP contribution in [0, 0.1) is 17.8 Å². The number of carbonyl (C=O) groups excluding carboxylic acids is 4. The van der Waals surface area contributed by atoms with Gasteiger partial charge >= 0.3 is 0 Å². The van der Waals surface area contributed by atoms with Crippen molar-refractivity contribution in [1.29, 1.82) is 0 Å². The molecule has 0 saturated heterocycles. The van der Waals surface area contributed by atoms with E-state index in [1.807, 2.05) is 198 Å². The second-order valence-corrected chi connectivity index (χ2v) is 29.4. The smallest absolute Gasteiger partial charge is 0.228 e. The Morgan fingerprint density at radius 2 is 0.638 bits per heavy atom. The molecule has 1 aliphatic carbocycles. The Bertz CT molecular complexity index is 5040. The van der Waals surface area contributed by atoms with Gasteiger partial charge in [-0.3, -0.25) is 19.2 Å². The van der Waals surface area contributed by atoms with Crippen LogP contribution in [-0.2, 0) is 97.0 Å². The fourth-order valence-corrected chi connectivity index (χ4v) is 13.1. The van der Waals surface area contributed by atoms with E-state index in [1.54, 1.807) is 24.8 Å². The minimum absolute atomic E-state index is 0.00880. The number of aliphatic hydroxyl groups excluding tert-OH is 4. The number of aliphatic hydroxyl groups is 4. The number of rotatable bonds is 30. The summed E-state index contributed by atoms with van der Waals surface area (Å²) in [7, 11) is 0. The van der Waals surface area contributed by atoms with Crippen molar-refractivity contribution in [2.45, 2.75) is 164 Å². The molecule has 12 aromatic rings. The van der Waals surface area contributed by atoms with Gasteiger partial charge in [-0.25, -0.2) is 39.9 Å². The highest BCUT2D eigenvalue weighted by Crippen LogP contribution is 2.30. The first kappa shape index (κ1) is 86.2. The number of aromatic nitrogens is 8. The lowest BCUT2D eigenvalue weighted by Gasteiger charge is -2.21. The summed E-state index contributed by atoms with van der Waals surface area (Å²) in [5.74, 6) is 2.59. The van der Waals surface area contributed by atoms with Crippen molar-refractivity contribution in [3.05, 3.63) is 310 Å². The molecule has 4 aromatic heterocycles. The van der Waals surface area contributed by atoms with Gasteiger partial charge in [0.15, 0.2) is 23.3 Å². The molecule has 598 valence electrons. The van der Waals surface area contributed by atoms with Crippen molar-refractivity contribution >= 4 is 46.9 Å². The molecule has 1 atom stereocenters. The second kappa shape index (κ2) is 45.6. The van der Waals surface area contributed by atoms with Gasteiger partial charge < -0.3 is 41.7 Å². The van der Waals surface area contributed by atoms with Crippen LogP contribution in [0.25, 0.3) is 45.0 Å². The quantitative estimate of drug-likeness (QED) is 0.0207. The molecule has 13 rings (SSSR count). The Balaban J connectivity index is 0.000000164. The molecule has 1 saturated carbocycles. The third kappa shape index (κ3) is 27.5. The van der Waals surface area contributed by atoms with Gasteiger partial charge in [0.25, 0.3) is 0 Å². The Morgan fingerprint density at radius 1 is 0.353 bits per heavy atom. The molecule has 1 aliphatic rings. The van der Waals surface area contributed by atoms with Crippen LogP contribution in [0.4, 0.5) is 23.3 Å². The summed E-state index contributed by atoms with van der Waals surface area (Å²) < 4.78 is 0. The number of amides is 4. The van der Waals surface area contributed by atoms with Crippen LogP contribution in [0.3, 0.4) is 0 Å². The number of anilines is 4. The van der Waals surface area contributed by atoms with Crippen molar-refractivity contribution in [3.63, 3.8) is 0 Å². The first-order chi connectivity index (χ1) is 56.5. The maximum absolute atomic E-state index is 12.7. The van der Waals surface area contributed by atoms with E-state index in [0.29, 0.717) is 67.7 Å². The minimum atomic E-state index is -0.166. The summed E-state index contributed by atoms with van der Waals surface area (Å²) in [6, 6.07) is 71.3. The first-order valence-corrected chi connectivity index (χ1v) is 40.1. The zero-order valence-corrected chi connectivity index (χ0v) is 67.0. The highest BCUT2D eigenvalue weighted by Gasteiger charge is 2.22. The maximum Gasteiger partial charge on any atom is 0.228 e. The Morgan fingerprint density at radius 3 is 0.914 bits per heavy atom. The number of carbonyl (C=O) groups is 4. The second-order valence-electron chi connectivity index (χ2n) is 29.4. The summed E-state index contributed by atoms with van der Waals surface area (Å²) in [5.41, 5.74) is 18.1. The average Bonchev–Trinajstić information content (AvgIpc) is 0.839. The standard InChI is InChI=1S/C27H31N3O2.2C24H27N3O2.C21H21N3O2/c31-19-22-11-14-23(15-12-22)25-18-28-27(30-26(32)17-21-9-5-2-6-10-21)24(29-25)16-13-20-7-3-1-4-8-20;1-17(2)14-23(29)27-24-21(13-10-18-6-4-3-5-7-18)26-22(15-25-24)20-11-8-19(16-28)9-12-20;1-3-17(2)24(29)27-23-21(14-11-18-7-5-4-6-8-18)26-22(15-25-23)20-12-9-19(16-28)10-13-20;1-15(26)23-21-19(12-9-16-5-3-2-4-6-16)24-20(13-22-21)18-10-7-17(14-25)8-11-18/h1,3-4,7-8,11-12,14-15,18,21,31H,2,5-6,9-10,13,16-17,19H2,(H,28,30,32);3-9,11-12,15,17,28H,10,13-14,16H2,1-2H3,(H,25,27,29);4-10,12-13,15,17,28H,3,11,14,16H2,1-2H3,(H,25,27,29);2-8,10-11,13,25H,9,12,14H2,1H3,(H,22,23,26). The van der Waals surface area contributed by atoms with Gasteiger partial charge in [-0.15, -0.1) is 0 Å². The summed E-state index contributed by atoms with van der Waals surface area (Å²) in [6.45, 7) is 9.43. The van der Waals surface area contributed by atoms with E-state index in [1.165, 1.54) is 48.4 Å². The predicted octanol–water partition coefficient (Wildman–Crippen LogP) is 17.5. The summed E-state index contributed by atoms with van der Waals surface area (Å²) >= 11 is 0. The SMILES string of the molecule is CC(=O)Nc1ncc(-c2ccc(CO)cc2)nc1CCc1ccccc1.CC(C)CC(=O)Nc1ncc(-c2ccc(CO)cc2)nc1CCc1ccccc1.CCC(C)C(=O)Nc1ncc(-c2ccc(CO)cc2)nc1CCc1ccccc1.O=C(CC1CCCCC1)Nc1ncc(-c2ccc(CO)cc2)nc1CCc1ccccc1. The van der Waals surface area contributed by atoms with E-state index in [-0.39, 0.29) is 61.9 Å². The number of hydrogen-bond acceptors (Lipinski definition) is 16. The number of aryl methyl sites for hydroxylation is 8. The largest absolute Gasteiger partial charge is 0.392 e. The van der Waals surface area contributed by atoms with Crippen molar-refractivity contribution < 1.29 is 39.6 Å². The van der Waals surface area contributed by atoms with Crippen molar-refractivity contribution in [1.82, 2.24) is 39.9 Å². The molecule has 4 heterocycles. The third-order valence-electron chi connectivity index (χ3n) is 20.0. The van der Waals surface area contributed by atoms with Crippen LogP contribution >= 0.6 is 0 Å². The predicted molar refractivity (Wildman–Crippen MR) is 459 cm³/mol. The molecule has 0 radical (unpaired) electrons. The number of nitrogens with one attached hydrogen (secondary N) is 4. The van der Waals surface area contributed by atoms with Crippen LogP contribution in [-0.4, -0.2) is 83.9 Å². The van der Waals surface area contributed by atoms with E-state index in [2.05, 4.69) is 89.7 Å². The lowest BCUT2D eigenvalue weighted by atomic mass is 9.87. The van der Waals surface area contributed by atoms with Crippen LogP contribution in [0.2, 0.25) is 0 Å². The molecule has 0 aliphatic heterocycles. The molecule has 116 heavy (non-hydrogen) atoms. The van der Waals surface area contributed by atoms with Gasteiger partial charge in [0.1, 0.15) is 0 Å². The normalized spacial score (nSPS) is 12.0. The van der Waals surface area contributed by atoms with E-state index in [9.17, 15) is 39.6 Å². The molecule has 20 heteroatoms. The Kier molecular flexibility index (Phi) is 33.9. The molecular formula is C96H106N12O8. The highest BCUT2D eigenvalue weighted by molar-refractivity contribution is 5.93. The van der Waals surface area contributed by atoms with Crippen LogP contribution < -0.4 is 21.3 Å². The van der Waals surface area contributed by atoms with Crippen molar-refractivity contribution in [3.8, 4) is 45.0 Å². The van der Waals surface area contributed by atoms with E-state index >= 15 is 0 Å². The summed E-state index contributed by atoms with van der Waals surface area (Å²) in [4.78, 5) is 86.1. The van der Waals surface area contributed by atoms with Crippen LogP contribution in [0.1, 0.15) is 153 Å². The van der Waals surface area contributed by atoms with Gasteiger partial charge in [0, 0.05) is 47.9 Å². The zero-order valence-electron chi connectivity index (χ0n) is 67.0. The molecule has 20 nitrogen and oxygen atoms in total. The Labute approximate surface area is 681 Å². The fourth-order valence-electron chi connectivity index (χ4n) is 13.1. The maximum atomic E-state index is 12.7. The van der Waals surface area contributed by atoms with Crippen LogP contribution in [0.15, 0.2) is 243 Å². The zero-order chi connectivity index (χ0) is 81.8. The molecule has 8 aromatic carbocycles. The molecular weight excluding hydrogens is 1450 g/mol. The van der Waals surface area contributed by atoms with E-state index in [4.69, 9.17) is 19.9 Å². The topological polar surface area (TPSA) is 300 Å². The van der Waals surface area contributed by atoms with Crippen molar-refractivity contribution in [2.75, 3.05) is 21.3 Å². The third-order valence-corrected chi connectivity index (χ3v) is 20.0. The number of hydrogen-bond donors (Lipinski definition) is 8. The van der Waals surface area contributed by atoms with Gasteiger partial charge in [-0.05, 0) is 127 Å². The molecule has 1 unspecified atom stereocenters.